The molecule has 1 heterocycles. The molecule has 100 valence electrons. The van der Waals surface area contributed by atoms with Gasteiger partial charge >= 0.3 is 17.5 Å². The minimum Gasteiger partial charge on any atom is -0.394 e. The number of aromatic nitrogens is 2. The zero-order chi connectivity index (χ0) is 13.9. The summed E-state index contributed by atoms with van der Waals surface area (Å²) < 4.78 is 26.7. The molecule has 0 saturated carbocycles. The minimum atomic E-state index is -4.04. The molecule has 0 spiro atoms. The summed E-state index contributed by atoms with van der Waals surface area (Å²) in [6, 6.07) is 0.734. The highest BCUT2D eigenvalue weighted by Crippen LogP contribution is 2.22. The standard InChI is InChI=1S/C9H10F2N2O5/c10-9(11,3-5(15)4-14)7(17)13-2-1-6(16)12-8(13)18/h1-2,5,14-15H,3-4H2,(H,12,16,18)/t5-/m0/s1. The number of carbonyl (C=O) groups is 1. The van der Waals surface area contributed by atoms with Gasteiger partial charge in [-0.05, 0) is 0 Å². The maximum Gasteiger partial charge on any atom is 0.335 e. The van der Waals surface area contributed by atoms with Gasteiger partial charge in [0, 0.05) is 18.7 Å². The van der Waals surface area contributed by atoms with Crippen molar-refractivity contribution >= 4 is 5.91 Å². The zero-order valence-electron chi connectivity index (χ0n) is 8.97. The predicted molar refractivity (Wildman–Crippen MR) is 54.6 cm³/mol. The summed E-state index contributed by atoms with van der Waals surface area (Å²) in [5, 5.41) is 17.3. The van der Waals surface area contributed by atoms with Gasteiger partial charge < -0.3 is 10.2 Å². The normalized spacial score (nSPS) is 13.3. The molecule has 1 atom stereocenters. The fourth-order valence-corrected chi connectivity index (χ4v) is 1.20. The Morgan fingerprint density at radius 2 is 2.11 bits per heavy atom. The van der Waals surface area contributed by atoms with Gasteiger partial charge in [-0.2, -0.15) is 8.78 Å². The van der Waals surface area contributed by atoms with Gasteiger partial charge in [-0.15, -0.1) is 0 Å². The van der Waals surface area contributed by atoms with Crippen LogP contribution in [0.1, 0.15) is 11.2 Å². The van der Waals surface area contributed by atoms with Crippen LogP contribution in [-0.4, -0.2) is 44.3 Å². The molecule has 0 saturated heterocycles. The Balaban J connectivity index is 3.06. The number of H-pyrrole nitrogens is 1. The molecule has 9 heteroatoms. The number of hydrogen-bond donors (Lipinski definition) is 3. The monoisotopic (exact) mass is 264 g/mol. The van der Waals surface area contributed by atoms with Crippen molar-refractivity contribution in [3.8, 4) is 0 Å². The third-order valence-corrected chi connectivity index (χ3v) is 2.06. The van der Waals surface area contributed by atoms with E-state index in [9.17, 15) is 23.2 Å². The predicted octanol–water partition coefficient (Wildman–Crippen LogP) is -1.44. The summed E-state index contributed by atoms with van der Waals surface area (Å²) >= 11 is 0. The van der Waals surface area contributed by atoms with Crippen LogP contribution in [0.5, 0.6) is 0 Å². The highest BCUT2D eigenvalue weighted by atomic mass is 19.3. The van der Waals surface area contributed by atoms with Crippen molar-refractivity contribution in [3.05, 3.63) is 33.1 Å². The molecule has 1 aromatic heterocycles. The van der Waals surface area contributed by atoms with Gasteiger partial charge in [-0.25, -0.2) is 9.36 Å². The van der Waals surface area contributed by atoms with Crippen LogP contribution in [0.4, 0.5) is 8.78 Å². The van der Waals surface area contributed by atoms with Crippen LogP contribution in [0.3, 0.4) is 0 Å². The Hall–Kier alpha value is -1.87. The van der Waals surface area contributed by atoms with Crippen molar-refractivity contribution in [3.63, 3.8) is 0 Å². The minimum absolute atomic E-state index is 0.0332. The number of aliphatic hydroxyl groups is 2. The lowest BCUT2D eigenvalue weighted by molar-refractivity contribution is -0.0405. The van der Waals surface area contributed by atoms with Gasteiger partial charge in [0.1, 0.15) is 0 Å². The first kappa shape index (κ1) is 14.2. The second kappa shape index (κ2) is 5.19. The van der Waals surface area contributed by atoms with E-state index in [4.69, 9.17) is 10.2 Å². The molecule has 0 bridgehead atoms. The Bertz CT molecular complexity index is 550. The molecule has 0 aromatic carbocycles. The van der Waals surface area contributed by atoms with Crippen LogP contribution < -0.4 is 11.2 Å². The molecule has 1 rings (SSSR count). The molecule has 0 unspecified atom stereocenters. The quantitative estimate of drug-likeness (QED) is 0.616. The first-order valence-electron chi connectivity index (χ1n) is 4.81. The lowest BCUT2D eigenvalue weighted by Crippen LogP contribution is -2.44. The number of alkyl halides is 2. The number of nitrogens with zero attached hydrogens (tertiary/aromatic N) is 1. The van der Waals surface area contributed by atoms with Crippen molar-refractivity contribution in [1.29, 1.82) is 0 Å². The molecule has 0 aliphatic heterocycles. The van der Waals surface area contributed by atoms with E-state index in [1.807, 2.05) is 0 Å². The molecular weight excluding hydrogens is 254 g/mol. The van der Waals surface area contributed by atoms with Gasteiger partial charge in [-0.1, -0.05) is 0 Å². The van der Waals surface area contributed by atoms with Crippen LogP contribution in [0.25, 0.3) is 0 Å². The SMILES string of the molecule is O=C(n1ccc(=O)[nH]c1=O)C(F)(F)C[C@H](O)CO. The molecule has 7 nitrogen and oxygen atoms in total. The van der Waals surface area contributed by atoms with Crippen LogP contribution in [-0.2, 0) is 0 Å². The summed E-state index contributed by atoms with van der Waals surface area (Å²) in [6.07, 6.45) is -2.50. The zero-order valence-corrected chi connectivity index (χ0v) is 8.97. The molecule has 0 fully saturated rings. The number of rotatable bonds is 4. The van der Waals surface area contributed by atoms with Gasteiger partial charge in [0.15, 0.2) is 0 Å². The van der Waals surface area contributed by atoms with Crippen LogP contribution in [0, 0.1) is 0 Å². The first-order valence-corrected chi connectivity index (χ1v) is 4.81. The summed E-state index contributed by atoms with van der Waals surface area (Å²) in [5.74, 6) is -5.93. The van der Waals surface area contributed by atoms with E-state index in [2.05, 4.69) is 0 Å². The molecule has 0 amide bonds. The smallest absolute Gasteiger partial charge is 0.335 e. The average Bonchev–Trinajstić information content (AvgIpc) is 2.27. The highest BCUT2D eigenvalue weighted by molar-refractivity contribution is 5.85. The summed E-state index contributed by atoms with van der Waals surface area (Å²) in [5.41, 5.74) is -2.13. The Kier molecular flexibility index (Phi) is 4.09. The summed E-state index contributed by atoms with van der Waals surface area (Å²) in [4.78, 5) is 34.8. The number of halogens is 2. The van der Waals surface area contributed by atoms with E-state index < -0.39 is 42.2 Å². The largest absolute Gasteiger partial charge is 0.394 e. The Morgan fingerprint density at radius 3 is 2.61 bits per heavy atom. The molecule has 3 N–H and O–H groups in total. The van der Waals surface area contributed by atoms with Crippen LogP contribution in [0.15, 0.2) is 21.9 Å². The van der Waals surface area contributed by atoms with Crippen molar-refractivity contribution in [2.24, 2.45) is 0 Å². The van der Waals surface area contributed by atoms with E-state index in [0.717, 1.165) is 6.07 Å². The summed E-state index contributed by atoms with van der Waals surface area (Å²) in [6.45, 7) is -0.941. The fraction of sp³-hybridized carbons (Fsp3) is 0.444. The second-order valence-electron chi connectivity index (χ2n) is 3.53. The molecule has 0 aliphatic rings. The lowest BCUT2D eigenvalue weighted by atomic mass is 10.1. The molecule has 1 aromatic rings. The number of aliphatic hydroxyl groups excluding tert-OH is 2. The van der Waals surface area contributed by atoms with Crippen molar-refractivity contribution in [2.45, 2.75) is 18.4 Å². The molecule has 0 radical (unpaired) electrons. The van der Waals surface area contributed by atoms with Crippen LogP contribution in [0.2, 0.25) is 0 Å². The van der Waals surface area contributed by atoms with E-state index in [0.29, 0.717) is 6.20 Å². The van der Waals surface area contributed by atoms with Crippen molar-refractivity contribution in [2.75, 3.05) is 6.61 Å². The Labute approximate surface area is 98.3 Å². The fourth-order valence-electron chi connectivity index (χ4n) is 1.20. The number of aromatic amines is 1. The molecule has 18 heavy (non-hydrogen) atoms. The van der Waals surface area contributed by atoms with Gasteiger partial charge in [0.05, 0.1) is 12.7 Å². The van der Waals surface area contributed by atoms with Gasteiger partial charge in [0.25, 0.3) is 5.56 Å². The van der Waals surface area contributed by atoms with E-state index in [1.54, 1.807) is 4.98 Å². The third kappa shape index (κ3) is 3.08. The maximum atomic E-state index is 13.3. The van der Waals surface area contributed by atoms with Gasteiger partial charge in [-0.3, -0.25) is 14.6 Å². The second-order valence-corrected chi connectivity index (χ2v) is 3.53. The first-order chi connectivity index (χ1) is 8.27. The van der Waals surface area contributed by atoms with Crippen molar-refractivity contribution in [1.82, 2.24) is 9.55 Å². The average molecular weight is 264 g/mol. The third-order valence-electron chi connectivity index (χ3n) is 2.06. The number of carbonyl (C=O) groups excluding carboxylic acids is 1. The summed E-state index contributed by atoms with van der Waals surface area (Å²) in [7, 11) is 0. The van der Waals surface area contributed by atoms with Gasteiger partial charge in [0.2, 0.25) is 0 Å². The maximum absolute atomic E-state index is 13.3. The van der Waals surface area contributed by atoms with E-state index >= 15 is 0 Å². The van der Waals surface area contributed by atoms with E-state index in [-0.39, 0.29) is 4.57 Å². The topological polar surface area (TPSA) is 112 Å². The van der Waals surface area contributed by atoms with Crippen molar-refractivity contribution < 1.29 is 23.8 Å². The van der Waals surface area contributed by atoms with E-state index in [1.165, 1.54) is 0 Å². The lowest BCUT2D eigenvalue weighted by Gasteiger charge is -2.17. The molecule has 0 aliphatic carbocycles. The number of hydrogen-bond acceptors (Lipinski definition) is 5. The highest BCUT2D eigenvalue weighted by Gasteiger charge is 2.42. The molecular formula is C9H10F2N2O5. The Morgan fingerprint density at radius 1 is 1.50 bits per heavy atom. The van der Waals surface area contributed by atoms with Crippen LogP contribution >= 0.6 is 0 Å². The number of nitrogens with one attached hydrogen (secondary N) is 1.